The van der Waals surface area contributed by atoms with Gasteiger partial charge in [0.15, 0.2) is 0 Å². The van der Waals surface area contributed by atoms with Crippen molar-refractivity contribution in [2.24, 2.45) is 0 Å². The van der Waals surface area contributed by atoms with E-state index in [4.69, 9.17) is 0 Å². The normalized spacial score (nSPS) is 11.8. The van der Waals surface area contributed by atoms with Crippen molar-refractivity contribution in [2.45, 2.75) is 52.2 Å². The number of aryl methyl sites for hydroxylation is 1. The van der Waals surface area contributed by atoms with Crippen LogP contribution in [-0.4, -0.2) is 28.8 Å². The third-order valence-corrected chi connectivity index (χ3v) is 5.60. The summed E-state index contributed by atoms with van der Waals surface area (Å²) in [6.45, 7) is 5.73. The zero-order valence-corrected chi connectivity index (χ0v) is 19.4. The molecule has 3 rings (SSSR count). The van der Waals surface area contributed by atoms with Crippen molar-refractivity contribution < 1.29 is 14.0 Å². The topological polar surface area (TPSA) is 49.4 Å². The van der Waals surface area contributed by atoms with Gasteiger partial charge in [0.1, 0.15) is 11.9 Å². The molecule has 33 heavy (non-hydrogen) atoms. The summed E-state index contributed by atoms with van der Waals surface area (Å²) < 4.78 is 14.6. The van der Waals surface area contributed by atoms with Crippen molar-refractivity contribution in [3.8, 4) is 0 Å². The molecule has 0 fully saturated rings. The number of benzene rings is 3. The molecule has 2 amide bonds. The van der Waals surface area contributed by atoms with Gasteiger partial charge in [-0.05, 0) is 43.5 Å². The highest BCUT2D eigenvalue weighted by molar-refractivity contribution is 5.89. The van der Waals surface area contributed by atoms with Gasteiger partial charge in [-0.15, -0.1) is 0 Å². The Labute approximate surface area is 195 Å². The van der Waals surface area contributed by atoms with Crippen molar-refractivity contribution in [3.05, 3.63) is 107 Å². The molecule has 3 aromatic carbocycles. The fourth-order valence-electron chi connectivity index (χ4n) is 3.82. The Morgan fingerprint density at radius 1 is 0.879 bits per heavy atom. The van der Waals surface area contributed by atoms with Crippen molar-refractivity contribution >= 4 is 11.8 Å². The Morgan fingerprint density at radius 2 is 1.48 bits per heavy atom. The zero-order valence-electron chi connectivity index (χ0n) is 19.4. The highest BCUT2D eigenvalue weighted by atomic mass is 19.1. The summed E-state index contributed by atoms with van der Waals surface area (Å²) >= 11 is 0. The molecule has 0 radical (unpaired) electrons. The van der Waals surface area contributed by atoms with Crippen LogP contribution in [0.2, 0.25) is 0 Å². The van der Waals surface area contributed by atoms with Crippen LogP contribution in [0.1, 0.15) is 36.1 Å². The molecule has 0 saturated carbocycles. The number of hydrogen-bond acceptors (Lipinski definition) is 2. The molecule has 1 atom stereocenters. The summed E-state index contributed by atoms with van der Waals surface area (Å²) in [6.07, 6.45) is 0.481. The summed E-state index contributed by atoms with van der Waals surface area (Å²) in [7, 11) is 0. The van der Waals surface area contributed by atoms with Crippen molar-refractivity contribution in [3.63, 3.8) is 0 Å². The molecular formula is C28H31FN2O2. The smallest absolute Gasteiger partial charge is 0.243 e. The lowest BCUT2D eigenvalue weighted by molar-refractivity contribution is -0.141. The van der Waals surface area contributed by atoms with Gasteiger partial charge in [-0.25, -0.2) is 4.39 Å². The number of amides is 2. The molecule has 172 valence electrons. The first-order valence-corrected chi connectivity index (χ1v) is 11.3. The number of carbonyl (C=O) groups is 2. The molecule has 0 bridgehead atoms. The average Bonchev–Trinajstić information content (AvgIpc) is 2.79. The van der Waals surface area contributed by atoms with Crippen molar-refractivity contribution in [1.82, 2.24) is 10.2 Å². The van der Waals surface area contributed by atoms with Gasteiger partial charge in [0, 0.05) is 24.6 Å². The van der Waals surface area contributed by atoms with Gasteiger partial charge in [0.2, 0.25) is 11.8 Å². The molecule has 0 heterocycles. The molecular weight excluding hydrogens is 415 g/mol. The summed E-state index contributed by atoms with van der Waals surface area (Å²) in [6, 6.07) is 22.8. The van der Waals surface area contributed by atoms with Crippen LogP contribution in [0.4, 0.5) is 4.39 Å². The van der Waals surface area contributed by atoms with E-state index in [0.717, 1.165) is 16.7 Å². The molecule has 0 unspecified atom stereocenters. The van der Waals surface area contributed by atoms with Gasteiger partial charge in [-0.2, -0.15) is 0 Å². The van der Waals surface area contributed by atoms with Crippen LogP contribution in [0.25, 0.3) is 0 Å². The quantitative estimate of drug-likeness (QED) is 0.511. The lowest BCUT2D eigenvalue weighted by Gasteiger charge is -2.32. The zero-order chi connectivity index (χ0) is 23.8. The molecule has 0 saturated heterocycles. The Bertz CT molecular complexity index is 1080. The molecule has 4 nitrogen and oxygen atoms in total. The SMILES string of the molecule is Cc1ccccc1CC(=O)N(Cc1ccccc1F)[C@@H](Cc1ccccc1)C(=O)NC(C)C. The number of rotatable bonds is 9. The standard InChI is InChI=1S/C28H31FN2O2/c1-20(2)30-28(33)26(17-22-12-5-4-6-13-22)31(19-24-15-9-10-16-25(24)29)27(32)18-23-14-8-7-11-21(23)3/h4-16,20,26H,17-19H2,1-3H3,(H,30,33)/t26-/m0/s1. The predicted molar refractivity (Wildman–Crippen MR) is 129 cm³/mol. The van der Waals surface area contributed by atoms with E-state index >= 15 is 0 Å². The summed E-state index contributed by atoms with van der Waals surface area (Å²) in [5, 5.41) is 2.95. The fraction of sp³-hybridized carbons (Fsp3) is 0.286. The first kappa shape index (κ1) is 24.2. The average molecular weight is 447 g/mol. The van der Waals surface area contributed by atoms with Gasteiger partial charge < -0.3 is 10.2 Å². The van der Waals surface area contributed by atoms with Gasteiger partial charge in [-0.3, -0.25) is 9.59 Å². The minimum absolute atomic E-state index is 0.0143. The van der Waals surface area contributed by atoms with Gasteiger partial charge in [-0.1, -0.05) is 72.8 Å². The third-order valence-electron chi connectivity index (χ3n) is 5.60. The monoisotopic (exact) mass is 446 g/mol. The first-order chi connectivity index (χ1) is 15.8. The van der Waals surface area contributed by atoms with Crippen LogP contribution >= 0.6 is 0 Å². The predicted octanol–water partition coefficient (Wildman–Crippen LogP) is 4.84. The fourth-order valence-corrected chi connectivity index (χ4v) is 3.82. The Morgan fingerprint density at radius 3 is 2.12 bits per heavy atom. The summed E-state index contributed by atoms with van der Waals surface area (Å²) in [4.78, 5) is 28.4. The molecule has 0 aliphatic heterocycles. The maximum absolute atomic E-state index is 14.6. The molecule has 0 aliphatic rings. The van der Waals surface area contributed by atoms with Crippen molar-refractivity contribution in [2.75, 3.05) is 0 Å². The Kier molecular flexibility index (Phi) is 8.36. The first-order valence-electron chi connectivity index (χ1n) is 11.3. The van der Waals surface area contributed by atoms with Crippen LogP contribution in [0.3, 0.4) is 0 Å². The van der Waals surface area contributed by atoms with E-state index in [1.54, 1.807) is 18.2 Å². The van der Waals surface area contributed by atoms with E-state index in [9.17, 15) is 14.0 Å². The highest BCUT2D eigenvalue weighted by Gasteiger charge is 2.31. The largest absolute Gasteiger partial charge is 0.352 e. The van der Waals surface area contributed by atoms with Crippen LogP contribution < -0.4 is 5.32 Å². The van der Waals surface area contributed by atoms with E-state index in [0.29, 0.717) is 12.0 Å². The maximum atomic E-state index is 14.6. The Balaban J connectivity index is 1.99. The molecule has 5 heteroatoms. The number of halogens is 1. The lowest BCUT2D eigenvalue weighted by Crippen LogP contribution is -2.52. The molecule has 3 aromatic rings. The van der Waals surface area contributed by atoms with E-state index in [1.807, 2.05) is 75.4 Å². The molecule has 0 aromatic heterocycles. The third kappa shape index (κ3) is 6.75. The van der Waals surface area contributed by atoms with Crippen LogP contribution in [0.15, 0.2) is 78.9 Å². The van der Waals surface area contributed by atoms with Gasteiger partial charge >= 0.3 is 0 Å². The van der Waals surface area contributed by atoms with E-state index in [-0.39, 0.29) is 30.8 Å². The second-order valence-corrected chi connectivity index (χ2v) is 8.59. The minimum atomic E-state index is -0.772. The summed E-state index contributed by atoms with van der Waals surface area (Å²) in [5.74, 6) is -0.857. The number of hydrogen-bond donors (Lipinski definition) is 1. The number of nitrogens with zero attached hydrogens (tertiary/aromatic N) is 1. The number of nitrogens with one attached hydrogen (secondary N) is 1. The van der Waals surface area contributed by atoms with Crippen LogP contribution in [-0.2, 0) is 29.0 Å². The van der Waals surface area contributed by atoms with E-state index in [2.05, 4.69) is 5.32 Å². The second-order valence-electron chi connectivity index (χ2n) is 8.59. The lowest BCUT2D eigenvalue weighted by atomic mass is 10.00. The van der Waals surface area contributed by atoms with E-state index in [1.165, 1.54) is 11.0 Å². The second kappa shape index (κ2) is 11.4. The van der Waals surface area contributed by atoms with Crippen LogP contribution in [0.5, 0.6) is 0 Å². The van der Waals surface area contributed by atoms with E-state index < -0.39 is 11.9 Å². The number of carbonyl (C=O) groups excluding carboxylic acids is 2. The van der Waals surface area contributed by atoms with Crippen LogP contribution in [0, 0.1) is 12.7 Å². The van der Waals surface area contributed by atoms with Gasteiger partial charge in [0.05, 0.1) is 6.42 Å². The molecule has 0 spiro atoms. The molecule has 1 N–H and O–H groups in total. The highest BCUT2D eigenvalue weighted by Crippen LogP contribution is 2.19. The maximum Gasteiger partial charge on any atom is 0.243 e. The minimum Gasteiger partial charge on any atom is -0.352 e. The Hall–Kier alpha value is -3.47. The summed E-state index contributed by atoms with van der Waals surface area (Å²) in [5.41, 5.74) is 3.21. The van der Waals surface area contributed by atoms with Gasteiger partial charge in [0.25, 0.3) is 0 Å². The van der Waals surface area contributed by atoms with Crippen molar-refractivity contribution in [1.29, 1.82) is 0 Å². The molecule has 0 aliphatic carbocycles.